The van der Waals surface area contributed by atoms with Gasteiger partial charge >= 0.3 is 0 Å². The minimum Gasteiger partial charge on any atom is -0.367 e. The number of hydrogen-bond acceptors (Lipinski definition) is 4. The summed E-state index contributed by atoms with van der Waals surface area (Å²) in [6.45, 7) is 2.81. The van der Waals surface area contributed by atoms with E-state index in [0.717, 1.165) is 13.1 Å². The molecule has 0 saturated carbocycles. The molecule has 1 unspecified atom stereocenters. The highest BCUT2D eigenvalue weighted by Crippen LogP contribution is 2.26. The van der Waals surface area contributed by atoms with E-state index >= 15 is 0 Å². The van der Waals surface area contributed by atoms with Crippen molar-refractivity contribution in [2.75, 3.05) is 19.7 Å². The molecule has 5 heteroatoms. The van der Waals surface area contributed by atoms with E-state index in [-0.39, 0.29) is 5.91 Å². The minimum absolute atomic E-state index is 0.379. The molecular weight excluding hydrogens is 284 g/mol. The van der Waals surface area contributed by atoms with E-state index in [0.29, 0.717) is 13.2 Å². The maximum atomic E-state index is 11.2. The van der Waals surface area contributed by atoms with Crippen molar-refractivity contribution < 1.29 is 9.53 Å². The smallest absolute Gasteiger partial charge is 0.247 e. The van der Waals surface area contributed by atoms with Crippen molar-refractivity contribution in [2.24, 2.45) is 5.73 Å². The van der Waals surface area contributed by atoms with E-state index in [2.05, 4.69) is 28.5 Å². The Morgan fingerprint density at radius 1 is 1.33 bits per heavy atom. The maximum Gasteiger partial charge on any atom is 0.247 e. The Morgan fingerprint density at radius 2 is 2.14 bits per heavy atom. The predicted molar refractivity (Wildman–Crippen MR) is 84.0 cm³/mol. The van der Waals surface area contributed by atoms with E-state index in [9.17, 15) is 4.79 Å². The lowest BCUT2D eigenvalue weighted by atomic mass is 10.1. The van der Waals surface area contributed by atoms with Crippen molar-refractivity contribution in [1.29, 1.82) is 0 Å². The van der Waals surface area contributed by atoms with Crippen LogP contribution in [0.25, 0.3) is 11.1 Å². The molecular formula is C16H18N2O2S. The van der Waals surface area contributed by atoms with Crippen LogP contribution in [0.3, 0.4) is 0 Å². The van der Waals surface area contributed by atoms with Crippen LogP contribution in [-0.2, 0) is 16.1 Å². The molecule has 1 fully saturated rings. The van der Waals surface area contributed by atoms with Gasteiger partial charge in [0.2, 0.25) is 5.91 Å². The molecule has 3 rings (SSSR count). The third-order valence-electron chi connectivity index (χ3n) is 3.61. The highest BCUT2D eigenvalue weighted by molar-refractivity contribution is 7.10. The molecule has 1 aromatic carbocycles. The molecule has 2 heterocycles. The summed E-state index contributed by atoms with van der Waals surface area (Å²) < 4.78 is 5.37. The number of carbonyl (C=O) groups excluding carboxylic acids is 1. The molecule has 110 valence electrons. The summed E-state index contributed by atoms with van der Waals surface area (Å²) in [7, 11) is 0. The SMILES string of the molecule is NC(=O)C1CN(Cc2cc(-c3ccccc3)cs2)CCO1. The fraction of sp³-hybridized carbons (Fsp3) is 0.312. The molecule has 1 aliphatic heterocycles. The van der Waals surface area contributed by atoms with Crippen LogP contribution < -0.4 is 5.73 Å². The lowest BCUT2D eigenvalue weighted by molar-refractivity contribution is -0.135. The number of nitrogens with two attached hydrogens (primary N) is 1. The van der Waals surface area contributed by atoms with Crippen LogP contribution in [0.4, 0.5) is 0 Å². The molecule has 2 aromatic rings. The summed E-state index contributed by atoms with van der Waals surface area (Å²) in [5, 5.41) is 2.18. The fourth-order valence-corrected chi connectivity index (χ4v) is 3.42. The summed E-state index contributed by atoms with van der Waals surface area (Å²) >= 11 is 1.75. The van der Waals surface area contributed by atoms with Gasteiger partial charge in [-0.25, -0.2) is 0 Å². The van der Waals surface area contributed by atoms with E-state index in [1.54, 1.807) is 11.3 Å². The van der Waals surface area contributed by atoms with Gasteiger partial charge in [-0.05, 0) is 22.6 Å². The molecule has 2 N–H and O–H groups in total. The average Bonchev–Trinajstić information content (AvgIpc) is 2.97. The molecule has 1 amide bonds. The predicted octanol–water partition coefficient (Wildman–Crippen LogP) is 2.10. The number of morpholine rings is 1. The van der Waals surface area contributed by atoms with Crippen LogP contribution in [0.1, 0.15) is 4.88 Å². The molecule has 1 atom stereocenters. The number of amides is 1. The van der Waals surface area contributed by atoms with Crippen molar-refractivity contribution in [3.05, 3.63) is 46.7 Å². The summed E-state index contributed by atoms with van der Waals surface area (Å²) in [5.74, 6) is -0.379. The normalized spacial score (nSPS) is 19.5. The Labute approximate surface area is 128 Å². The summed E-state index contributed by atoms with van der Waals surface area (Å²) in [6.07, 6.45) is -0.479. The standard InChI is InChI=1S/C16H18N2O2S/c17-16(19)15-10-18(6-7-20-15)9-14-8-13(11-21-14)12-4-2-1-3-5-12/h1-5,8,11,15H,6-7,9-10H2,(H2,17,19). The second-order valence-corrected chi connectivity index (χ2v) is 6.16. The van der Waals surface area contributed by atoms with E-state index in [1.807, 2.05) is 18.2 Å². The summed E-state index contributed by atoms with van der Waals surface area (Å²) in [4.78, 5) is 14.7. The van der Waals surface area contributed by atoms with Crippen molar-refractivity contribution in [3.8, 4) is 11.1 Å². The molecule has 1 aliphatic rings. The summed E-state index contributed by atoms with van der Waals surface area (Å²) in [5.41, 5.74) is 7.79. The minimum atomic E-state index is -0.479. The van der Waals surface area contributed by atoms with E-state index in [4.69, 9.17) is 10.5 Å². The Morgan fingerprint density at radius 3 is 2.90 bits per heavy atom. The zero-order chi connectivity index (χ0) is 14.7. The quantitative estimate of drug-likeness (QED) is 0.941. The number of thiophene rings is 1. The number of ether oxygens (including phenoxy) is 1. The Balaban J connectivity index is 1.66. The molecule has 0 radical (unpaired) electrons. The van der Waals surface area contributed by atoms with Gasteiger partial charge in [0.1, 0.15) is 6.10 Å². The zero-order valence-corrected chi connectivity index (χ0v) is 12.5. The van der Waals surface area contributed by atoms with Crippen LogP contribution in [0.5, 0.6) is 0 Å². The van der Waals surface area contributed by atoms with Crippen molar-refractivity contribution >= 4 is 17.2 Å². The number of benzene rings is 1. The lowest BCUT2D eigenvalue weighted by Gasteiger charge is -2.30. The second kappa shape index (κ2) is 6.39. The number of carbonyl (C=O) groups is 1. The van der Waals surface area contributed by atoms with Gasteiger partial charge in [-0.15, -0.1) is 11.3 Å². The molecule has 0 aliphatic carbocycles. The van der Waals surface area contributed by atoms with Crippen LogP contribution in [0.2, 0.25) is 0 Å². The first kappa shape index (κ1) is 14.3. The Hall–Kier alpha value is -1.69. The van der Waals surface area contributed by atoms with Crippen LogP contribution >= 0.6 is 11.3 Å². The van der Waals surface area contributed by atoms with Crippen LogP contribution in [-0.4, -0.2) is 36.6 Å². The average molecular weight is 302 g/mol. The topological polar surface area (TPSA) is 55.6 Å². The summed E-state index contributed by atoms with van der Waals surface area (Å²) in [6, 6.07) is 12.6. The Bertz CT molecular complexity index is 612. The first-order chi connectivity index (χ1) is 10.2. The first-order valence-electron chi connectivity index (χ1n) is 6.98. The van der Waals surface area contributed by atoms with Gasteiger partial charge in [0.05, 0.1) is 6.61 Å². The van der Waals surface area contributed by atoms with E-state index in [1.165, 1.54) is 16.0 Å². The number of primary amides is 1. The maximum absolute atomic E-state index is 11.2. The largest absolute Gasteiger partial charge is 0.367 e. The zero-order valence-electron chi connectivity index (χ0n) is 11.7. The van der Waals surface area contributed by atoms with Crippen molar-refractivity contribution in [2.45, 2.75) is 12.6 Å². The molecule has 21 heavy (non-hydrogen) atoms. The van der Waals surface area contributed by atoms with Gasteiger partial charge in [-0.1, -0.05) is 30.3 Å². The van der Waals surface area contributed by atoms with Gasteiger partial charge in [-0.2, -0.15) is 0 Å². The number of rotatable bonds is 4. The molecule has 1 saturated heterocycles. The number of hydrogen-bond donors (Lipinski definition) is 1. The molecule has 4 nitrogen and oxygen atoms in total. The molecule has 0 spiro atoms. The van der Waals surface area contributed by atoms with Crippen LogP contribution in [0, 0.1) is 0 Å². The fourth-order valence-electron chi connectivity index (χ4n) is 2.48. The van der Waals surface area contributed by atoms with Gasteiger partial charge in [0.25, 0.3) is 0 Å². The van der Waals surface area contributed by atoms with Gasteiger partial charge in [0.15, 0.2) is 0 Å². The highest BCUT2D eigenvalue weighted by Gasteiger charge is 2.24. The van der Waals surface area contributed by atoms with Crippen molar-refractivity contribution in [1.82, 2.24) is 4.90 Å². The first-order valence-corrected chi connectivity index (χ1v) is 7.86. The third kappa shape index (κ3) is 3.50. The number of nitrogens with zero attached hydrogens (tertiary/aromatic N) is 1. The molecule has 0 bridgehead atoms. The van der Waals surface area contributed by atoms with Gasteiger partial charge in [-0.3, -0.25) is 9.69 Å². The second-order valence-electron chi connectivity index (χ2n) is 5.16. The third-order valence-corrected chi connectivity index (χ3v) is 4.53. The Kier molecular flexibility index (Phi) is 4.34. The lowest BCUT2D eigenvalue weighted by Crippen LogP contribution is -2.47. The van der Waals surface area contributed by atoms with E-state index < -0.39 is 6.10 Å². The van der Waals surface area contributed by atoms with Crippen molar-refractivity contribution in [3.63, 3.8) is 0 Å². The highest BCUT2D eigenvalue weighted by atomic mass is 32.1. The van der Waals surface area contributed by atoms with Gasteiger partial charge < -0.3 is 10.5 Å². The van der Waals surface area contributed by atoms with Crippen LogP contribution in [0.15, 0.2) is 41.8 Å². The van der Waals surface area contributed by atoms with Gasteiger partial charge in [0, 0.05) is 24.5 Å². The monoisotopic (exact) mass is 302 g/mol. The molecule has 1 aromatic heterocycles.